The zero-order valence-corrected chi connectivity index (χ0v) is 10.7. The SMILES string of the molecule is CNC(=O)OC[C@H]1CCC2(COC)CCCN12. The van der Waals surface area contributed by atoms with E-state index in [0.717, 1.165) is 26.0 Å². The molecule has 98 valence electrons. The molecule has 0 aromatic rings. The molecule has 2 aliphatic rings. The average molecular weight is 242 g/mol. The van der Waals surface area contributed by atoms with Gasteiger partial charge in [0.2, 0.25) is 0 Å². The summed E-state index contributed by atoms with van der Waals surface area (Å²) in [7, 11) is 3.35. The Morgan fingerprint density at radius 3 is 3.06 bits per heavy atom. The van der Waals surface area contributed by atoms with Crippen LogP contribution in [0.2, 0.25) is 0 Å². The maximum Gasteiger partial charge on any atom is 0.406 e. The summed E-state index contributed by atoms with van der Waals surface area (Å²) < 4.78 is 10.5. The van der Waals surface area contributed by atoms with Gasteiger partial charge in [-0.3, -0.25) is 4.90 Å². The van der Waals surface area contributed by atoms with E-state index in [1.165, 1.54) is 12.8 Å². The minimum Gasteiger partial charge on any atom is -0.448 e. The van der Waals surface area contributed by atoms with Gasteiger partial charge in [-0.2, -0.15) is 0 Å². The van der Waals surface area contributed by atoms with Crippen molar-refractivity contribution in [1.29, 1.82) is 0 Å². The molecule has 0 saturated carbocycles. The van der Waals surface area contributed by atoms with E-state index in [1.54, 1.807) is 14.2 Å². The largest absolute Gasteiger partial charge is 0.448 e. The van der Waals surface area contributed by atoms with Gasteiger partial charge in [-0.25, -0.2) is 4.79 Å². The fraction of sp³-hybridized carbons (Fsp3) is 0.917. The first-order valence-corrected chi connectivity index (χ1v) is 6.32. The average Bonchev–Trinajstić information content (AvgIpc) is 2.85. The monoisotopic (exact) mass is 242 g/mol. The molecule has 2 atom stereocenters. The molecule has 2 aliphatic heterocycles. The van der Waals surface area contributed by atoms with Crippen molar-refractivity contribution in [3.05, 3.63) is 0 Å². The van der Waals surface area contributed by atoms with Crippen molar-refractivity contribution >= 4 is 6.09 Å². The van der Waals surface area contributed by atoms with Crippen LogP contribution in [0.4, 0.5) is 4.79 Å². The Morgan fingerprint density at radius 1 is 1.53 bits per heavy atom. The normalized spacial score (nSPS) is 32.5. The number of carbonyl (C=O) groups excluding carboxylic acids is 1. The molecule has 2 heterocycles. The maximum atomic E-state index is 11.1. The molecule has 5 heteroatoms. The van der Waals surface area contributed by atoms with Crippen LogP contribution in [0.3, 0.4) is 0 Å². The molecular formula is C12H22N2O3. The van der Waals surface area contributed by atoms with E-state index >= 15 is 0 Å². The zero-order valence-electron chi connectivity index (χ0n) is 10.7. The first-order chi connectivity index (χ1) is 8.22. The standard InChI is InChI=1S/C12H22N2O3/c1-13-11(15)17-8-10-4-6-12(9-16-2)5-3-7-14(10)12/h10H,3-9H2,1-2H3,(H,13,15)/t10-,12?/m1/s1. The Hall–Kier alpha value is -0.810. The lowest BCUT2D eigenvalue weighted by atomic mass is 9.95. The molecule has 0 radical (unpaired) electrons. The molecular weight excluding hydrogens is 220 g/mol. The number of amides is 1. The molecule has 0 aliphatic carbocycles. The van der Waals surface area contributed by atoms with Gasteiger partial charge in [0.25, 0.3) is 0 Å². The Bertz CT molecular complexity index is 285. The van der Waals surface area contributed by atoms with Crippen molar-refractivity contribution in [3.8, 4) is 0 Å². The summed E-state index contributed by atoms with van der Waals surface area (Å²) in [5.74, 6) is 0. The summed E-state index contributed by atoms with van der Waals surface area (Å²) in [5, 5.41) is 2.48. The number of hydrogen-bond acceptors (Lipinski definition) is 4. The van der Waals surface area contributed by atoms with Gasteiger partial charge >= 0.3 is 6.09 Å². The van der Waals surface area contributed by atoms with Crippen LogP contribution in [0.25, 0.3) is 0 Å². The summed E-state index contributed by atoms with van der Waals surface area (Å²) >= 11 is 0. The van der Waals surface area contributed by atoms with Crippen molar-refractivity contribution in [2.75, 3.05) is 33.9 Å². The molecule has 0 aromatic carbocycles. The summed E-state index contributed by atoms with van der Waals surface area (Å²) in [6, 6.07) is 0.366. The molecule has 2 saturated heterocycles. The Kier molecular flexibility index (Phi) is 3.89. The predicted molar refractivity (Wildman–Crippen MR) is 64.0 cm³/mol. The Balaban J connectivity index is 1.91. The number of nitrogens with one attached hydrogen (secondary N) is 1. The highest BCUT2D eigenvalue weighted by Gasteiger charge is 2.49. The maximum absolute atomic E-state index is 11.1. The molecule has 0 bridgehead atoms. The number of fused-ring (bicyclic) bond motifs is 1. The van der Waals surface area contributed by atoms with E-state index in [1.807, 2.05) is 0 Å². The minimum atomic E-state index is -0.339. The van der Waals surface area contributed by atoms with Gasteiger partial charge < -0.3 is 14.8 Å². The van der Waals surface area contributed by atoms with Crippen LogP contribution in [-0.2, 0) is 9.47 Å². The van der Waals surface area contributed by atoms with Crippen molar-refractivity contribution in [2.24, 2.45) is 0 Å². The second-order valence-corrected chi connectivity index (χ2v) is 5.00. The third-order valence-corrected chi connectivity index (χ3v) is 4.06. The summed E-state index contributed by atoms with van der Waals surface area (Å²) in [6.45, 7) is 2.39. The molecule has 1 unspecified atom stereocenters. The van der Waals surface area contributed by atoms with Gasteiger partial charge in [0.1, 0.15) is 6.61 Å². The fourth-order valence-corrected chi connectivity index (χ4v) is 3.30. The third-order valence-electron chi connectivity index (χ3n) is 4.06. The summed E-state index contributed by atoms with van der Waals surface area (Å²) in [5.41, 5.74) is 0.214. The molecule has 0 spiro atoms. The second kappa shape index (κ2) is 5.23. The first-order valence-electron chi connectivity index (χ1n) is 6.32. The lowest BCUT2D eigenvalue weighted by molar-refractivity contribution is 0.0331. The van der Waals surface area contributed by atoms with Crippen molar-refractivity contribution in [2.45, 2.75) is 37.3 Å². The lowest BCUT2D eigenvalue weighted by Crippen LogP contribution is -2.47. The highest BCUT2D eigenvalue weighted by atomic mass is 16.5. The van der Waals surface area contributed by atoms with Crippen molar-refractivity contribution < 1.29 is 14.3 Å². The molecule has 1 amide bonds. The van der Waals surface area contributed by atoms with E-state index in [9.17, 15) is 4.79 Å². The summed E-state index contributed by atoms with van der Waals surface area (Å²) in [6.07, 6.45) is 4.34. The Morgan fingerprint density at radius 2 is 2.35 bits per heavy atom. The topological polar surface area (TPSA) is 50.8 Å². The molecule has 2 fully saturated rings. The van der Waals surface area contributed by atoms with E-state index in [0.29, 0.717) is 12.6 Å². The van der Waals surface area contributed by atoms with Gasteiger partial charge in [-0.15, -0.1) is 0 Å². The van der Waals surface area contributed by atoms with E-state index < -0.39 is 0 Å². The third kappa shape index (κ3) is 2.40. The number of ether oxygens (including phenoxy) is 2. The van der Waals surface area contributed by atoms with Crippen LogP contribution in [0.15, 0.2) is 0 Å². The van der Waals surface area contributed by atoms with Gasteiger partial charge in [0.15, 0.2) is 0 Å². The quantitative estimate of drug-likeness (QED) is 0.798. The van der Waals surface area contributed by atoms with E-state index in [-0.39, 0.29) is 11.6 Å². The van der Waals surface area contributed by atoms with Crippen LogP contribution in [-0.4, -0.2) is 56.5 Å². The molecule has 5 nitrogen and oxygen atoms in total. The lowest BCUT2D eigenvalue weighted by Gasteiger charge is -2.34. The summed E-state index contributed by atoms with van der Waals surface area (Å²) in [4.78, 5) is 13.6. The van der Waals surface area contributed by atoms with Crippen LogP contribution in [0.1, 0.15) is 25.7 Å². The van der Waals surface area contributed by atoms with E-state index in [4.69, 9.17) is 9.47 Å². The highest BCUT2D eigenvalue weighted by Crippen LogP contribution is 2.42. The predicted octanol–water partition coefficient (Wildman–Crippen LogP) is 0.986. The number of nitrogens with zero attached hydrogens (tertiary/aromatic N) is 1. The molecule has 17 heavy (non-hydrogen) atoms. The number of alkyl carbamates (subject to hydrolysis) is 1. The molecule has 2 rings (SSSR count). The first kappa shape index (κ1) is 12.6. The minimum absolute atomic E-state index is 0.214. The second-order valence-electron chi connectivity index (χ2n) is 5.00. The van der Waals surface area contributed by atoms with Crippen molar-refractivity contribution in [3.63, 3.8) is 0 Å². The van der Waals surface area contributed by atoms with Crippen LogP contribution >= 0.6 is 0 Å². The number of carbonyl (C=O) groups is 1. The van der Waals surface area contributed by atoms with Crippen molar-refractivity contribution in [1.82, 2.24) is 10.2 Å². The number of rotatable bonds is 4. The Labute approximate surface area is 102 Å². The number of methoxy groups -OCH3 is 1. The van der Waals surface area contributed by atoms with Crippen LogP contribution < -0.4 is 5.32 Å². The van der Waals surface area contributed by atoms with E-state index in [2.05, 4.69) is 10.2 Å². The van der Waals surface area contributed by atoms with Gasteiger partial charge in [0.05, 0.1) is 6.61 Å². The zero-order chi connectivity index (χ0) is 12.3. The van der Waals surface area contributed by atoms with Gasteiger partial charge in [-0.1, -0.05) is 0 Å². The smallest absolute Gasteiger partial charge is 0.406 e. The number of hydrogen-bond donors (Lipinski definition) is 1. The van der Waals surface area contributed by atoms with Gasteiger partial charge in [-0.05, 0) is 32.2 Å². The van der Waals surface area contributed by atoms with Crippen LogP contribution in [0, 0.1) is 0 Å². The van der Waals surface area contributed by atoms with Crippen LogP contribution in [0.5, 0.6) is 0 Å². The highest BCUT2D eigenvalue weighted by molar-refractivity contribution is 5.66. The fourth-order valence-electron chi connectivity index (χ4n) is 3.30. The molecule has 1 N–H and O–H groups in total. The van der Waals surface area contributed by atoms with Gasteiger partial charge in [0, 0.05) is 25.7 Å². The molecule has 0 aromatic heterocycles.